The van der Waals surface area contributed by atoms with Crippen LogP contribution in [0.5, 0.6) is 5.75 Å². The molecule has 2 aromatic carbocycles. The molecule has 5 aliphatic heterocycles. The molecule has 0 bridgehead atoms. The Kier molecular flexibility index (Phi) is 9.83. The van der Waals surface area contributed by atoms with Gasteiger partial charge in [-0.2, -0.15) is 5.10 Å². The van der Waals surface area contributed by atoms with Crippen LogP contribution < -0.4 is 19.9 Å². The van der Waals surface area contributed by atoms with Gasteiger partial charge in [0.1, 0.15) is 28.9 Å². The van der Waals surface area contributed by atoms with E-state index in [0.717, 1.165) is 122 Å². The Labute approximate surface area is 349 Å². The minimum Gasteiger partial charge on any atom is -0.488 e. The monoisotopic (exact) mass is 812 g/mol. The molecule has 5 fully saturated rings. The fourth-order valence-electron chi connectivity index (χ4n) is 10.1. The predicted molar refractivity (Wildman–Crippen MR) is 225 cm³/mol. The third-order valence-corrected chi connectivity index (χ3v) is 14.0. The summed E-state index contributed by atoms with van der Waals surface area (Å²) in [6.45, 7) is 7.12. The van der Waals surface area contributed by atoms with E-state index in [2.05, 4.69) is 49.3 Å². The maximum atomic E-state index is 13.7. The molecule has 1 atom stereocenters. The lowest BCUT2D eigenvalue weighted by atomic mass is 9.82. The highest BCUT2D eigenvalue weighted by Crippen LogP contribution is 2.41. The number of rotatable bonds is 9. The number of nitrogens with one attached hydrogen (secondary N) is 2. The van der Waals surface area contributed by atoms with Crippen molar-refractivity contribution in [1.29, 1.82) is 0 Å². The number of hydrogen-bond acceptors (Lipinski definition) is 10. The van der Waals surface area contributed by atoms with Crippen LogP contribution in [0.15, 0.2) is 54.7 Å². The van der Waals surface area contributed by atoms with Crippen molar-refractivity contribution < 1.29 is 28.7 Å². The van der Waals surface area contributed by atoms with Gasteiger partial charge in [0.2, 0.25) is 17.7 Å². The molecule has 4 aromatic rings. The highest BCUT2D eigenvalue weighted by Gasteiger charge is 2.45. The van der Waals surface area contributed by atoms with Crippen molar-refractivity contribution in [3.05, 3.63) is 65.9 Å². The maximum absolute atomic E-state index is 13.7. The first-order valence-electron chi connectivity index (χ1n) is 21.9. The molecule has 4 saturated heterocycles. The fraction of sp³-hybridized carbons (Fsp3) is 0.500. The Morgan fingerprint density at radius 2 is 1.52 bits per heavy atom. The summed E-state index contributed by atoms with van der Waals surface area (Å²) in [5.74, 6) is 1.40. The number of benzene rings is 2. The van der Waals surface area contributed by atoms with Crippen LogP contribution in [0.2, 0.25) is 0 Å². The molecular formula is C46H52N8O6. The third-order valence-electron chi connectivity index (χ3n) is 14.0. The highest BCUT2D eigenvalue weighted by atomic mass is 16.5. The van der Waals surface area contributed by atoms with E-state index >= 15 is 0 Å². The summed E-state index contributed by atoms with van der Waals surface area (Å²) in [7, 11) is 0. The Morgan fingerprint density at radius 3 is 2.25 bits per heavy atom. The van der Waals surface area contributed by atoms with Crippen LogP contribution in [0.4, 0.5) is 11.5 Å². The van der Waals surface area contributed by atoms with E-state index < -0.39 is 29.7 Å². The molecule has 5 amide bonds. The van der Waals surface area contributed by atoms with Gasteiger partial charge < -0.3 is 19.4 Å². The average Bonchev–Trinajstić information content (AvgIpc) is 3.75. The van der Waals surface area contributed by atoms with Crippen molar-refractivity contribution in [2.75, 3.05) is 49.1 Å². The van der Waals surface area contributed by atoms with Gasteiger partial charge in [0.15, 0.2) is 0 Å². The number of amides is 5. The third kappa shape index (κ3) is 7.38. The van der Waals surface area contributed by atoms with E-state index in [1.54, 1.807) is 12.1 Å². The minimum atomic E-state index is -0.988. The molecule has 14 heteroatoms. The number of aromatic amines is 1. The zero-order valence-corrected chi connectivity index (χ0v) is 34.2. The molecule has 1 aliphatic carbocycles. The molecule has 312 valence electrons. The highest BCUT2D eigenvalue weighted by molar-refractivity contribution is 6.23. The summed E-state index contributed by atoms with van der Waals surface area (Å²) in [6.07, 6.45) is 11.3. The van der Waals surface area contributed by atoms with Crippen LogP contribution in [0, 0.1) is 17.8 Å². The predicted octanol–water partition coefficient (Wildman–Crippen LogP) is 5.72. The SMILES string of the molecule is CC1(Oc2ccc3[nH]nc(-c4ccnc(N5CCC(CC6CCN(C(=O)C7CCN(c8ccc9c(c8)C(=O)N(C8CCC(=O)NC8=O)C9=O)CC7)CC6)CC5)c4)c3c2)CC1. The number of ether oxygens (including phenoxy) is 1. The summed E-state index contributed by atoms with van der Waals surface area (Å²) < 4.78 is 6.24. The molecule has 10 rings (SSSR count). The van der Waals surface area contributed by atoms with Crippen molar-refractivity contribution in [3.8, 4) is 17.0 Å². The number of hydrogen-bond donors (Lipinski definition) is 2. The van der Waals surface area contributed by atoms with E-state index in [-0.39, 0.29) is 41.4 Å². The number of anilines is 2. The van der Waals surface area contributed by atoms with Gasteiger partial charge in [-0.1, -0.05) is 0 Å². The van der Waals surface area contributed by atoms with Crippen molar-refractivity contribution in [2.24, 2.45) is 17.8 Å². The van der Waals surface area contributed by atoms with E-state index in [1.807, 2.05) is 30.5 Å². The summed E-state index contributed by atoms with van der Waals surface area (Å²) in [5.41, 5.74) is 4.30. The number of likely N-dealkylation sites (tertiary alicyclic amines) is 1. The quantitative estimate of drug-likeness (QED) is 0.200. The lowest BCUT2D eigenvalue weighted by Crippen LogP contribution is -2.54. The van der Waals surface area contributed by atoms with E-state index in [9.17, 15) is 24.0 Å². The molecule has 14 nitrogen and oxygen atoms in total. The smallest absolute Gasteiger partial charge is 0.262 e. The fourth-order valence-corrected chi connectivity index (χ4v) is 10.1. The van der Waals surface area contributed by atoms with Gasteiger partial charge in [0, 0.05) is 74.4 Å². The molecule has 7 heterocycles. The number of nitrogens with zero attached hydrogens (tertiary/aromatic N) is 6. The number of imide groups is 2. The largest absolute Gasteiger partial charge is 0.488 e. The zero-order valence-electron chi connectivity index (χ0n) is 34.2. The molecular weight excluding hydrogens is 761 g/mol. The normalized spacial score (nSPS) is 22.7. The Bertz CT molecular complexity index is 2370. The average molecular weight is 813 g/mol. The van der Waals surface area contributed by atoms with Gasteiger partial charge in [-0.3, -0.25) is 39.3 Å². The Hall–Kier alpha value is -5.79. The minimum absolute atomic E-state index is 0.0240. The lowest BCUT2D eigenvalue weighted by Gasteiger charge is -2.39. The van der Waals surface area contributed by atoms with Crippen LogP contribution in [0.1, 0.15) is 98.3 Å². The first-order valence-corrected chi connectivity index (χ1v) is 21.9. The van der Waals surface area contributed by atoms with Crippen LogP contribution in [0.3, 0.4) is 0 Å². The van der Waals surface area contributed by atoms with Gasteiger partial charge in [-0.25, -0.2) is 4.98 Å². The number of piperidine rings is 4. The van der Waals surface area contributed by atoms with Gasteiger partial charge >= 0.3 is 0 Å². The topological polar surface area (TPSA) is 161 Å². The van der Waals surface area contributed by atoms with E-state index in [4.69, 9.17) is 9.72 Å². The second-order valence-corrected chi connectivity index (χ2v) is 18.1. The standard InChI is InChI=1S/C46H52N8O6/c1-46(15-16-46)60-33-3-5-37-36(27-33)41(50-49-37)31-8-17-47-39(25-31)52-18-9-28(10-19-52)24-29-11-20-53(21-12-29)43(57)30-13-22-51(23-14-30)32-2-4-34-35(26-32)45(59)54(44(34)58)38-6-7-40(55)48-42(38)56/h2-5,8,17,25-30,38H,6-7,9-16,18-24H2,1H3,(H,49,50)(H,48,55,56). The molecule has 2 aromatic heterocycles. The number of pyridine rings is 1. The van der Waals surface area contributed by atoms with E-state index in [1.165, 1.54) is 6.42 Å². The van der Waals surface area contributed by atoms with Crippen LogP contribution in [-0.2, 0) is 14.4 Å². The summed E-state index contributed by atoms with van der Waals surface area (Å²) in [5, 5.41) is 11.2. The van der Waals surface area contributed by atoms with Gasteiger partial charge in [-0.15, -0.1) is 0 Å². The van der Waals surface area contributed by atoms with Crippen LogP contribution in [0.25, 0.3) is 22.2 Å². The summed E-state index contributed by atoms with van der Waals surface area (Å²) in [4.78, 5) is 76.7. The first-order chi connectivity index (χ1) is 29.1. The number of aromatic nitrogens is 3. The second kappa shape index (κ2) is 15.3. The Balaban J connectivity index is 0.679. The molecule has 2 N–H and O–H groups in total. The second-order valence-electron chi connectivity index (χ2n) is 18.1. The molecule has 6 aliphatic rings. The van der Waals surface area contributed by atoms with Crippen molar-refractivity contribution in [2.45, 2.75) is 89.2 Å². The van der Waals surface area contributed by atoms with Crippen LogP contribution in [-0.4, -0.2) is 105 Å². The van der Waals surface area contributed by atoms with E-state index in [0.29, 0.717) is 24.9 Å². The first kappa shape index (κ1) is 38.4. The number of fused-ring (bicyclic) bond motifs is 2. The number of carbonyl (C=O) groups excluding carboxylic acids is 5. The van der Waals surface area contributed by atoms with Gasteiger partial charge in [0.05, 0.1) is 16.6 Å². The number of carbonyl (C=O) groups is 5. The molecule has 60 heavy (non-hydrogen) atoms. The summed E-state index contributed by atoms with van der Waals surface area (Å²) >= 11 is 0. The maximum Gasteiger partial charge on any atom is 0.262 e. The van der Waals surface area contributed by atoms with Gasteiger partial charge in [-0.05, 0) is 131 Å². The summed E-state index contributed by atoms with van der Waals surface area (Å²) in [6, 6.07) is 14.6. The molecule has 0 radical (unpaired) electrons. The molecule has 1 saturated carbocycles. The molecule has 0 spiro atoms. The molecule has 1 unspecified atom stereocenters. The van der Waals surface area contributed by atoms with Crippen molar-refractivity contribution >= 4 is 51.9 Å². The number of H-pyrrole nitrogens is 1. The van der Waals surface area contributed by atoms with Crippen molar-refractivity contribution in [1.82, 2.24) is 30.3 Å². The lowest BCUT2D eigenvalue weighted by molar-refractivity contribution is -0.138. The Morgan fingerprint density at radius 1 is 0.800 bits per heavy atom. The van der Waals surface area contributed by atoms with Crippen molar-refractivity contribution in [3.63, 3.8) is 0 Å². The zero-order chi connectivity index (χ0) is 41.1. The van der Waals surface area contributed by atoms with Gasteiger partial charge in [0.25, 0.3) is 11.8 Å². The van der Waals surface area contributed by atoms with Crippen LogP contribution >= 0.6 is 0 Å².